The van der Waals surface area contributed by atoms with E-state index >= 15 is 0 Å². The number of Topliss-reactive ketones (excluding diaryl/α,β-unsaturated/α-hetero) is 1. The fourth-order valence-corrected chi connectivity index (χ4v) is 2.89. The number of ether oxygens (including phenoxy) is 1. The van der Waals surface area contributed by atoms with Crippen LogP contribution in [0.4, 0.5) is 0 Å². The summed E-state index contributed by atoms with van der Waals surface area (Å²) in [7, 11) is 0. The second-order valence-corrected chi connectivity index (χ2v) is 6.95. The van der Waals surface area contributed by atoms with Gasteiger partial charge in [0.15, 0.2) is 5.78 Å². The number of hydrogen-bond acceptors (Lipinski definition) is 3. The zero-order valence-electron chi connectivity index (χ0n) is 14.2. The molecule has 0 saturated carbocycles. The molecule has 1 aliphatic heterocycles. The summed E-state index contributed by atoms with van der Waals surface area (Å²) in [6, 6.07) is 7.57. The Morgan fingerprint density at radius 1 is 1.32 bits per heavy atom. The summed E-state index contributed by atoms with van der Waals surface area (Å²) in [6.45, 7) is 10.4. The minimum atomic E-state index is 0.230. The lowest BCUT2D eigenvalue weighted by Crippen LogP contribution is -2.35. The van der Waals surface area contributed by atoms with Gasteiger partial charge in [0.05, 0.1) is 6.61 Å². The monoisotopic (exact) mass is 303 g/mol. The van der Waals surface area contributed by atoms with Gasteiger partial charge in [0.25, 0.3) is 0 Å². The quantitative estimate of drug-likeness (QED) is 0.712. The van der Waals surface area contributed by atoms with Crippen LogP contribution in [0.5, 0.6) is 5.75 Å². The Morgan fingerprint density at radius 3 is 2.68 bits per heavy atom. The smallest absolute Gasteiger partial charge is 0.164 e. The van der Waals surface area contributed by atoms with Gasteiger partial charge in [-0.3, -0.25) is 4.79 Å². The molecular formula is C19H29NO2. The van der Waals surface area contributed by atoms with Crippen molar-refractivity contribution in [1.82, 2.24) is 4.90 Å². The first-order valence-electron chi connectivity index (χ1n) is 8.53. The summed E-state index contributed by atoms with van der Waals surface area (Å²) >= 11 is 0. The van der Waals surface area contributed by atoms with E-state index in [-0.39, 0.29) is 5.78 Å². The van der Waals surface area contributed by atoms with E-state index in [1.54, 1.807) is 0 Å². The summed E-state index contributed by atoms with van der Waals surface area (Å²) in [5.74, 6) is 2.35. The Bertz CT molecular complexity index is 467. The summed E-state index contributed by atoms with van der Waals surface area (Å²) in [6.07, 6.45) is 3.19. The van der Waals surface area contributed by atoms with Gasteiger partial charge in [0.1, 0.15) is 5.75 Å². The number of nitrogens with zero attached hydrogens (tertiary/aromatic N) is 1. The third-order valence-corrected chi connectivity index (χ3v) is 4.16. The molecule has 1 heterocycles. The third-order valence-electron chi connectivity index (χ3n) is 4.16. The van der Waals surface area contributed by atoms with Gasteiger partial charge >= 0.3 is 0 Å². The highest BCUT2D eigenvalue weighted by Gasteiger charge is 2.17. The van der Waals surface area contributed by atoms with E-state index in [1.807, 2.05) is 24.3 Å². The number of rotatable bonds is 7. The second-order valence-electron chi connectivity index (χ2n) is 6.95. The molecule has 1 fully saturated rings. The van der Waals surface area contributed by atoms with Gasteiger partial charge in [-0.1, -0.05) is 20.8 Å². The average Bonchev–Trinajstić information content (AvgIpc) is 2.51. The van der Waals surface area contributed by atoms with Crippen LogP contribution in [0.3, 0.4) is 0 Å². The molecule has 1 aromatic carbocycles. The topological polar surface area (TPSA) is 29.5 Å². The van der Waals surface area contributed by atoms with Gasteiger partial charge in [-0.05, 0) is 55.5 Å². The van der Waals surface area contributed by atoms with E-state index in [9.17, 15) is 4.79 Å². The lowest BCUT2D eigenvalue weighted by atomic mass is 9.99. The molecule has 1 saturated heterocycles. The van der Waals surface area contributed by atoms with Gasteiger partial charge in [-0.2, -0.15) is 0 Å². The first-order chi connectivity index (χ1) is 10.5. The van der Waals surface area contributed by atoms with Gasteiger partial charge in [-0.15, -0.1) is 0 Å². The van der Waals surface area contributed by atoms with Crippen LogP contribution in [0.25, 0.3) is 0 Å². The summed E-state index contributed by atoms with van der Waals surface area (Å²) in [5.41, 5.74) is 0.793. The van der Waals surface area contributed by atoms with E-state index in [0.717, 1.165) is 36.9 Å². The van der Waals surface area contributed by atoms with Crippen molar-refractivity contribution in [2.24, 2.45) is 11.8 Å². The zero-order valence-corrected chi connectivity index (χ0v) is 14.2. The zero-order chi connectivity index (χ0) is 15.9. The van der Waals surface area contributed by atoms with Crippen LogP contribution >= 0.6 is 0 Å². The van der Waals surface area contributed by atoms with Crippen LogP contribution in [-0.4, -0.2) is 36.9 Å². The van der Waals surface area contributed by atoms with Crippen molar-refractivity contribution < 1.29 is 9.53 Å². The molecule has 0 radical (unpaired) electrons. The van der Waals surface area contributed by atoms with E-state index in [1.165, 1.54) is 12.8 Å². The van der Waals surface area contributed by atoms with Crippen LogP contribution in [-0.2, 0) is 0 Å². The molecule has 0 N–H and O–H groups in total. The minimum absolute atomic E-state index is 0.230. The molecule has 3 heteroatoms. The maximum Gasteiger partial charge on any atom is 0.164 e. The molecule has 2 rings (SSSR count). The Kier molecular flexibility index (Phi) is 6.44. The lowest BCUT2D eigenvalue weighted by Gasteiger charge is -2.30. The Morgan fingerprint density at radius 2 is 2.05 bits per heavy atom. The minimum Gasteiger partial charge on any atom is -0.493 e. The lowest BCUT2D eigenvalue weighted by molar-refractivity contribution is 0.0949. The number of piperidine rings is 1. The molecule has 1 atom stereocenters. The largest absolute Gasteiger partial charge is 0.493 e. The number of carbonyl (C=O) groups excluding carboxylic acids is 1. The first-order valence-corrected chi connectivity index (χ1v) is 8.53. The molecule has 0 aromatic heterocycles. The van der Waals surface area contributed by atoms with Crippen LogP contribution in [0.1, 0.15) is 50.4 Å². The molecule has 1 aromatic rings. The maximum atomic E-state index is 12.3. The number of likely N-dealkylation sites (tertiary alicyclic amines) is 1. The van der Waals surface area contributed by atoms with Crippen molar-refractivity contribution in [3.8, 4) is 5.75 Å². The van der Waals surface area contributed by atoms with Crippen molar-refractivity contribution in [3.63, 3.8) is 0 Å². The normalized spacial score (nSPS) is 19.4. The Hall–Kier alpha value is -1.35. The van der Waals surface area contributed by atoms with Gasteiger partial charge in [0.2, 0.25) is 0 Å². The number of ketones is 1. The third kappa shape index (κ3) is 5.45. The van der Waals surface area contributed by atoms with Gasteiger partial charge in [0, 0.05) is 25.1 Å². The first kappa shape index (κ1) is 17.0. The van der Waals surface area contributed by atoms with Crippen LogP contribution < -0.4 is 4.74 Å². The highest BCUT2D eigenvalue weighted by Crippen LogP contribution is 2.17. The number of carbonyl (C=O) groups is 1. The van der Waals surface area contributed by atoms with Gasteiger partial charge in [-0.25, -0.2) is 0 Å². The molecule has 0 bridgehead atoms. The molecular weight excluding hydrogens is 274 g/mol. The van der Waals surface area contributed by atoms with E-state index in [2.05, 4.69) is 25.7 Å². The molecule has 0 amide bonds. The van der Waals surface area contributed by atoms with Crippen molar-refractivity contribution in [1.29, 1.82) is 0 Å². The van der Waals surface area contributed by atoms with Crippen molar-refractivity contribution in [2.45, 2.75) is 40.0 Å². The summed E-state index contributed by atoms with van der Waals surface area (Å²) < 4.78 is 5.65. The fraction of sp³-hybridized carbons (Fsp3) is 0.632. The Balaban J connectivity index is 1.79. The second kappa shape index (κ2) is 8.33. The molecule has 0 spiro atoms. The highest BCUT2D eigenvalue weighted by atomic mass is 16.5. The number of hydrogen-bond donors (Lipinski definition) is 0. The standard InChI is InChI=1S/C19H29NO2/c1-15(2)14-22-18-8-6-17(7-9-18)19(21)10-12-20-11-4-5-16(3)13-20/h6-9,15-16H,4-5,10-14H2,1-3H3. The van der Waals surface area contributed by atoms with Crippen LogP contribution in [0.2, 0.25) is 0 Å². The SMILES string of the molecule is CC(C)COc1ccc(C(=O)CCN2CCCC(C)C2)cc1. The van der Waals surface area contributed by atoms with Crippen LogP contribution in [0, 0.1) is 11.8 Å². The molecule has 0 aliphatic carbocycles. The van der Waals surface area contributed by atoms with Crippen LogP contribution in [0.15, 0.2) is 24.3 Å². The summed E-state index contributed by atoms with van der Waals surface area (Å²) in [4.78, 5) is 14.7. The maximum absolute atomic E-state index is 12.3. The van der Waals surface area contributed by atoms with E-state index in [0.29, 0.717) is 18.9 Å². The molecule has 3 nitrogen and oxygen atoms in total. The number of benzene rings is 1. The van der Waals surface area contributed by atoms with E-state index < -0.39 is 0 Å². The predicted molar refractivity (Wildman–Crippen MR) is 90.6 cm³/mol. The van der Waals surface area contributed by atoms with E-state index in [4.69, 9.17) is 4.74 Å². The fourth-order valence-electron chi connectivity index (χ4n) is 2.89. The summed E-state index contributed by atoms with van der Waals surface area (Å²) in [5, 5.41) is 0. The van der Waals surface area contributed by atoms with Crippen molar-refractivity contribution in [2.75, 3.05) is 26.2 Å². The highest BCUT2D eigenvalue weighted by molar-refractivity contribution is 5.96. The Labute approximate surface area is 134 Å². The molecule has 22 heavy (non-hydrogen) atoms. The molecule has 1 unspecified atom stereocenters. The molecule has 122 valence electrons. The van der Waals surface area contributed by atoms with Crippen molar-refractivity contribution >= 4 is 5.78 Å². The molecule has 1 aliphatic rings. The predicted octanol–water partition coefficient (Wildman–Crippen LogP) is 4.03. The van der Waals surface area contributed by atoms with Crippen molar-refractivity contribution in [3.05, 3.63) is 29.8 Å². The average molecular weight is 303 g/mol. The van der Waals surface area contributed by atoms with Gasteiger partial charge < -0.3 is 9.64 Å².